The van der Waals surface area contributed by atoms with Gasteiger partial charge in [0.05, 0.1) is 17.6 Å². The maximum atomic E-state index is 12.3. The largest absolute Gasteiger partial charge is 0.490 e. The zero-order valence-corrected chi connectivity index (χ0v) is 17.3. The number of carbonyl (C=O) groups excluding carboxylic acids is 1. The molecule has 0 N–H and O–H groups in total. The van der Waals surface area contributed by atoms with Gasteiger partial charge in [-0.3, -0.25) is 10.1 Å². The summed E-state index contributed by atoms with van der Waals surface area (Å²) in [5.74, 6) is 0.448. The molecule has 0 saturated carbocycles. The Morgan fingerprint density at radius 3 is 2.67 bits per heavy atom. The van der Waals surface area contributed by atoms with Crippen LogP contribution in [0.4, 0.5) is 5.69 Å². The number of rotatable bonds is 7. The average Bonchev–Trinajstić information content (AvgIpc) is 3.04. The maximum absolute atomic E-state index is 12.3. The number of hydrogen-bond donors (Lipinski definition) is 0. The predicted molar refractivity (Wildman–Crippen MR) is 112 cm³/mol. The number of esters is 1. The minimum absolute atomic E-state index is 0.0170. The van der Waals surface area contributed by atoms with Gasteiger partial charge in [-0.2, -0.15) is 0 Å². The highest BCUT2D eigenvalue weighted by Gasteiger charge is 2.26. The highest BCUT2D eigenvalue weighted by molar-refractivity contribution is 6.32. The van der Waals surface area contributed by atoms with Crippen molar-refractivity contribution in [2.24, 2.45) is 4.99 Å². The van der Waals surface area contributed by atoms with Crippen LogP contribution in [-0.4, -0.2) is 29.5 Å². The fraction of sp³-hybridized carbons (Fsp3) is 0.238. The molecule has 2 aromatic carbocycles. The molecule has 0 radical (unpaired) electrons. The maximum Gasteiger partial charge on any atom is 0.363 e. The first-order chi connectivity index (χ1) is 14.3. The summed E-state index contributed by atoms with van der Waals surface area (Å²) >= 11 is 5.82. The second-order valence-electron chi connectivity index (χ2n) is 6.57. The van der Waals surface area contributed by atoms with Crippen molar-refractivity contribution in [3.63, 3.8) is 0 Å². The van der Waals surface area contributed by atoms with E-state index in [2.05, 4.69) is 4.99 Å². The summed E-state index contributed by atoms with van der Waals surface area (Å²) in [5.41, 5.74) is 0.696. The first-order valence-corrected chi connectivity index (χ1v) is 9.56. The minimum Gasteiger partial charge on any atom is -0.490 e. The molecule has 0 aromatic heterocycles. The van der Waals surface area contributed by atoms with Crippen molar-refractivity contribution in [3.05, 3.63) is 68.4 Å². The molecule has 30 heavy (non-hydrogen) atoms. The van der Waals surface area contributed by atoms with Gasteiger partial charge in [0.15, 0.2) is 17.2 Å². The van der Waals surface area contributed by atoms with E-state index in [0.717, 1.165) is 0 Å². The second-order valence-corrected chi connectivity index (χ2v) is 6.97. The highest BCUT2D eigenvalue weighted by Crippen LogP contribution is 2.31. The van der Waals surface area contributed by atoms with E-state index in [9.17, 15) is 14.9 Å². The topological polar surface area (TPSA) is 100 Å². The van der Waals surface area contributed by atoms with Gasteiger partial charge >= 0.3 is 5.97 Å². The van der Waals surface area contributed by atoms with Crippen LogP contribution in [0.25, 0.3) is 6.08 Å². The molecule has 0 fully saturated rings. The zero-order chi connectivity index (χ0) is 21.8. The molecule has 0 aliphatic carbocycles. The van der Waals surface area contributed by atoms with Crippen LogP contribution in [0.3, 0.4) is 0 Å². The number of halogens is 1. The number of nitro benzene ring substituents is 1. The van der Waals surface area contributed by atoms with Gasteiger partial charge in [0.2, 0.25) is 5.90 Å². The van der Waals surface area contributed by atoms with Gasteiger partial charge in [0, 0.05) is 11.6 Å². The smallest absolute Gasteiger partial charge is 0.363 e. The summed E-state index contributed by atoms with van der Waals surface area (Å²) in [5, 5.41) is 11.1. The van der Waals surface area contributed by atoms with Crippen LogP contribution in [-0.2, 0) is 9.53 Å². The van der Waals surface area contributed by atoms with Gasteiger partial charge in [0.25, 0.3) is 5.69 Å². The van der Waals surface area contributed by atoms with E-state index in [4.69, 9.17) is 25.8 Å². The van der Waals surface area contributed by atoms with E-state index >= 15 is 0 Å². The van der Waals surface area contributed by atoms with Gasteiger partial charge in [-0.15, -0.1) is 0 Å². The molecule has 8 nitrogen and oxygen atoms in total. The Kier molecular flexibility index (Phi) is 6.37. The zero-order valence-electron chi connectivity index (χ0n) is 16.5. The lowest BCUT2D eigenvalue weighted by Gasteiger charge is -2.14. The van der Waals surface area contributed by atoms with Crippen molar-refractivity contribution >= 4 is 35.2 Å². The van der Waals surface area contributed by atoms with E-state index in [1.54, 1.807) is 24.3 Å². The first kappa shape index (κ1) is 21.3. The van der Waals surface area contributed by atoms with Crippen molar-refractivity contribution in [2.45, 2.75) is 26.9 Å². The van der Waals surface area contributed by atoms with Gasteiger partial charge in [-0.25, -0.2) is 9.79 Å². The Morgan fingerprint density at radius 2 is 2.00 bits per heavy atom. The third-order valence-electron chi connectivity index (χ3n) is 3.94. The average molecular weight is 431 g/mol. The molecular formula is C21H19ClN2O6. The van der Waals surface area contributed by atoms with Gasteiger partial charge < -0.3 is 14.2 Å². The molecule has 2 aromatic rings. The molecule has 0 amide bonds. The molecule has 1 aliphatic heterocycles. The van der Waals surface area contributed by atoms with Gasteiger partial charge in [-0.05, 0) is 56.7 Å². The number of cyclic esters (lactones) is 1. The minimum atomic E-state index is -0.664. The molecule has 0 atom stereocenters. The molecule has 1 heterocycles. The Bertz CT molecular complexity index is 1060. The summed E-state index contributed by atoms with van der Waals surface area (Å²) in [6.07, 6.45) is 1.52. The van der Waals surface area contributed by atoms with Crippen molar-refractivity contribution < 1.29 is 23.9 Å². The number of ether oxygens (including phenoxy) is 3. The number of benzene rings is 2. The van der Waals surface area contributed by atoms with Crippen molar-refractivity contribution in [2.75, 3.05) is 6.61 Å². The van der Waals surface area contributed by atoms with Crippen LogP contribution in [0.1, 0.15) is 31.9 Å². The van der Waals surface area contributed by atoms with Gasteiger partial charge in [0.1, 0.15) is 5.02 Å². The molecule has 0 saturated heterocycles. The van der Waals surface area contributed by atoms with E-state index in [1.807, 2.05) is 20.8 Å². The number of nitro groups is 1. The standard InChI is InChI=1S/C21H19ClN2O6/c1-4-28-19-10-13(5-8-18(19)29-12(2)3)9-16-21(25)30-20(23-16)14-6-7-15(22)17(11-14)24(26)27/h5-12H,4H2,1-3H3/b16-9-. The molecule has 156 valence electrons. The normalized spacial score (nSPS) is 14.6. The van der Waals surface area contributed by atoms with E-state index < -0.39 is 10.9 Å². The van der Waals surface area contributed by atoms with Crippen LogP contribution < -0.4 is 9.47 Å². The van der Waals surface area contributed by atoms with Crippen molar-refractivity contribution in [3.8, 4) is 11.5 Å². The predicted octanol–water partition coefficient (Wildman–Crippen LogP) is 4.78. The van der Waals surface area contributed by atoms with Crippen LogP contribution >= 0.6 is 11.6 Å². The summed E-state index contributed by atoms with van der Waals surface area (Å²) in [4.78, 5) is 26.9. The lowest BCUT2D eigenvalue weighted by molar-refractivity contribution is -0.384. The monoisotopic (exact) mass is 430 g/mol. The third kappa shape index (κ3) is 4.77. The molecule has 0 unspecified atom stereocenters. The Balaban J connectivity index is 1.93. The summed E-state index contributed by atoms with van der Waals surface area (Å²) < 4.78 is 16.5. The van der Waals surface area contributed by atoms with Crippen LogP contribution in [0.2, 0.25) is 5.02 Å². The molecule has 3 rings (SSSR count). The third-order valence-corrected chi connectivity index (χ3v) is 4.26. The summed E-state index contributed by atoms with van der Waals surface area (Å²) in [6.45, 7) is 6.14. The molecular weight excluding hydrogens is 412 g/mol. The first-order valence-electron chi connectivity index (χ1n) is 9.19. The molecule has 9 heteroatoms. The Hall–Kier alpha value is -3.39. The number of hydrogen-bond acceptors (Lipinski definition) is 7. The quantitative estimate of drug-likeness (QED) is 0.271. The lowest BCUT2D eigenvalue weighted by Crippen LogP contribution is -2.07. The molecule has 0 bridgehead atoms. The number of aliphatic imine (C=N–C) groups is 1. The fourth-order valence-electron chi connectivity index (χ4n) is 2.71. The number of carbonyl (C=O) groups is 1. The lowest BCUT2D eigenvalue weighted by atomic mass is 10.1. The number of nitrogens with zero attached hydrogens (tertiary/aromatic N) is 2. The highest BCUT2D eigenvalue weighted by atomic mass is 35.5. The summed E-state index contributed by atoms with van der Waals surface area (Å²) in [7, 11) is 0. The molecule has 0 spiro atoms. The SMILES string of the molecule is CCOc1cc(/C=C2\N=C(c3ccc(Cl)c([N+](=O)[O-])c3)OC2=O)ccc1OC(C)C. The summed E-state index contributed by atoms with van der Waals surface area (Å²) in [6, 6.07) is 9.32. The Morgan fingerprint density at radius 1 is 1.23 bits per heavy atom. The van der Waals surface area contributed by atoms with E-state index in [1.165, 1.54) is 18.2 Å². The van der Waals surface area contributed by atoms with Crippen molar-refractivity contribution in [1.29, 1.82) is 0 Å². The van der Waals surface area contributed by atoms with Crippen LogP contribution in [0.5, 0.6) is 11.5 Å². The second kappa shape index (κ2) is 8.96. The van der Waals surface area contributed by atoms with E-state index in [0.29, 0.717) is 23.7 Å². The van der Waals surface area contributed by atoms with Crippen LogP contribution in [0.15, 0.2) is 47.1 Å². The Labute approximate surface area is 177 Å². The molecule has 1 aliphatic rings. The van der Waals surface area contributed by atoms with E-state index in [-0.39, 0.29) is 34.0 Å². The van der Waals surface area contributed by atoms with Crippen LogP contribution in [0, 0.1) is 10.1 Å². The van der Waals surface area contributed by atoms with Crippen molar-refractivity contribution in [1.82, 2.24) is 0 Å². The van der Waals surface area contributed by atoms with Gasteiger partial charge in [-0.1, -0.05) is 17.7 Å². The fourth-order valence-corrected chi connectivity index (χ4v) is 2.90.